The zero-order valence-electron chi connectivity index (χ0n) is 15.2. The monoisotopic (exact) mass is 372 g/mol. The third-order valence-electron chi connectivity index (χ3n) is 4.66. The number of nitrogens with two attached hydrogens (primary N) is 1. The van der Waals surface area contributed by atoms with Gasteiger partial charge in [-0.2, -0.15) is 0 Å². The number of hydrogen-bond donors (Lipinski definition) is 2. The SMILES string of the molecule is CCOc1ccc(C(C)NC(=O)C2(CN)CCOCC2)cc1OC.Cl. The predicted octanol–water partition coefficient (Wildman–Crippen LogP) is 2.45. The highest BCUT2D eigenvalue weighted by atomic mass is 35.5. The van der Waals surface area contributed by atoms with Gasteiger partial charge in [-0.3, -0.25) is 4.79 Å². The van der Waals surface area contributed by atoms with Crippen molar-refractivity contribution in [3.8, 4) is 11.5 Å². The molecule has 1 heterocycles. The lowest BCUT2D eigenvalue weighted by Crippen LogP contribution is -2.49. The lowest BCUT2D eigenvalue weighted by molar-refractivity contribution is -0.136. The molecule has 1 saturated heterocycles. The number of nitrogens with one attached hydrogen (secondary N) is 1. The lowest BCUT2D eigenvalue weighted by Gasteiger charge is -2.35. The average Bonchev–Trinajstić information content (AvgIpc) is 2.62. The smallest absolute Gasteiger partial charge is 0.228 e. The summed E-state index contributed by atoms with van der Waals surface area (Å²) in [4.78, 5) is 12.8. The normalized spacial score (nSPS) is 17.1. The van der Waals surface area contributed by atoms with E-state index in [1.54, 1.807) is 7.11 Å². The van der Waals surface area contributed by atoms with Crippen molar-refractivity contribution in [3.05, 3.63) is 23.8 Å². The summed E-state index contributed by atoms with van der Waals surface area (Å²) in [5.74, 6) is 1.36. The van der Waals surface area contributed by atoms with Gasteiger partial charge in [-0.15, -0.1) is 12.4 Å². The van der Waals surface area contributed by atoms with Gasteiger partial charge in [0, 0.05) is 19.8 Å². The maximum Gasteiger partial charge on any atom is 0.228 e. The van der Waals surface area contributed by atoms with Crippen LogP contribution < -0.4 is 20.5 Å². The minimum Gasteiger partial charge on any atom is -0.493 e. The summed E-state index contributed by atoms with van der Waals surface area (Å²) in [7, 11) is 1.61. The van der Waals surface area contributed by atoms with Crippen LogP contribution in [0.2, 0.25) is 0 Å². The van der Waals surface area contributed by atoms with Crippen LogP contribution in [0.4, 0.5) is 0 Å². The van der Waals surface area contributed by atoms with E-state index < -0.39 is 5.41 Å². The summed E-state index contributed by atoms with van der Waals surface area (Å²) in [5, 5.41) is 3.09. The number of halogens is 1. The molecule has 7 heteroatoms. The highest BCUT2D eigenvalue weighted by Crippen LogP contribution is 2.33. The maximum absolute atomic E-state index is 12.8. The molecule has 25 heavy (non-hydrogen) atoms. The van der Waals surface area contributed by atoms with Crippen LogP contribution in [0.25, 0.3) is 0 Å². The standard InChI is InChI=1S/C18H28N2O4.ClH/c1-4-24-15-6-5-14(11-16(15)22-3)13(2)20-17(21)18(12-19)7-9-23-10-8-18;/h5-6,11,13H,4,7-10,12,19H2,1-3H3,(H,20,21);1H. The number of methoxy groups -OCH3 is 1. The van der Waals surface area contributed by atoms with Gasteiger partial charge in [-0.25, -0.2) is 0 Å². The van der Waals surface area contributed by atoms with E-state index in [0.29, 0.717) is 50.7 Å². The van der Waals surface area contributed by atoms with Crippen LogP contribution in [0.15, 0.2) is 18.2 Å². The zero-order valence-corrected chi connectivity index (χ0v) is 16.0. The summed E-state index contributed by atoms with van der Waals surface area (Å²) in [6.07, 6.45) is 1.32. The Hall–Kier alpha value is -1.50. The topological polar surface area (TPSA) is 82.8 Å². The number of carbonyl (C=O) groups excluding carboxylic acids is 1. The second kappa shape index (κ2) is 9.85. The van der Waals surface area contributed by atoms with E-state index in [0.717, 1.165) is 5.56 Å². The number of hydrogen-bond acceptors (Lipinski definition) is 5. The Morgan fingerprint density at radius 2 is 2.04 bits per heavy atom. The first-order chi connectivity index (χ1) is 11.6. The fourth-order valence-corrected chi connectivity index (χ4v) is 2.95. The largest absolute Gasteiger partial charge is 0.493 e. The van der Waals surface area contributed by atoms with Gasteiger partial charge < -0.3 is 25.3 Å². The van der Waals surface area contributed by atoms with Crippen LogP contribution in [0.1, 0.15) is 38.3 Å². The molecule has 1 amide bonds. The zero-order chi connectivity index (χ0) is 17.6. The average molecular weight is 373 g/mol. The van der Waals surface area contributed by atoms with Gasteiger partial charge in [0.05, 0.1) is 25.2 Å². The molecule has 1 aliphatic heterocycles. The third kappa shape index (κ3) is 5.00. The molecule has 1 aliphatic rings. The van der Waals surface area contributed by atoms with E-state index >= 15 is 0 Å². The van der Waals surface area contributed by atoms with Gasteiger partial charge >= 0.3 is 0 Å². The quantitative estimate of drug-likeness (QED) is 0.768. The minimum absolute atomic E-state index is 0. The van der Waals surface area contributed by atoms with Crippen LogP contribution in [-0.4, -0.2) is 39.4 Å². The van der Waals surface area contributed by atoms with Gasteiger partial charge in [-0.05, 0) is 44.4 Å². The molecule has 0 aliphatic carbocycles. The van der Waals surface area contributed by atoms with Crippen molar-refractivity contribution in [2.24, 2.45) is 11.1 Å². The molecular formula is C18H29ClN2O4. The van der Waals surface area contributed by atoms with E-state index in [1.165, 1.54) is 0 Å². The number of benzene rings is 1. The van der Waals surface area contributed by atoms with Crippen molar-refractivity contribution in [3.63, 3.8) is 0 Å². The van der Waals surface area contributed by atoms with E-state index in [1.807, 2.05) is 32.0 Å². The Morgan fingerprint density at radius 3 is 2.60 bits per heavy atom. The molecule has 142 valence electrons. The molecule has 6 nitrogen and oxygen atoms in total. The van der Waals surface area contributed by atoms with E-state index in [-0.39, 0.29) is 24.4 Å². The van der Waals surface area contributed by atoms with Gasteiger partial charge in [-0.1, -0.05) is 6.07 Å². The van der Waals surface area contributed by atoms with Crippen molar-refractivity contribution >= 4 is 18.3 Å². The number of amides is 1. The van der Waals surface area contributed by atoms with Gasteiger partial charge in [0.25, 0.3) is 0 Å². The first kappa shape index (κ1) is 21.5. The van der Waals surface area contributed by atoms with Crippen molar-refractivity contribution in [1.82, 2.24) is 5.32 Å². The maximum atomic E-state index is 12.8. The van der Waals surface area contributed by atoms with Gasteiger partial charge in [0.1, 0.15) is 0 Å². The number of ether oxygens (including phenoxy) is 3. The Balaban J connectivity index is 0.00000312. The van der Waals surface area contributed by atoms with Crippen molar-refractivity contribution in [2.45, 2.75) is 32.7 Å². The molecule has 3 N–H and O–H groups in total. The molecule has 0 saturated carbocycles. The number of carbonyl (C=O) groups is 1. The Kier molecular flexibility index (Phi) is 8.48. The summed E-state index contributed by atoms with van der Waals surface area (Å²) in [6, 6.07) is 5.56. The van der Waals surface area contributed by atoms with Crippen molar-refractivity contribution in [1.29, 1.82) is 0 Å². The second-order valence-corrected chi connectivity index (χ2v) is 6.14. The summed E-state index contributed by atoms with van der Waals surface area (Å²) < 4.78 is 16.3. The van der Waals surface area contributed by atoms with Gasteiger partial charge in [0.2, 0.25) is 5.91 Å². The van der Waals surface area contributed by atoms with Crippen LogP contribution in [0, 0.1) is 5.41 Å². The Morgan fingerprint density at radius 1 is 1.36 bits per heavy atom. The highest BCUT2D eigenvalue weighted by molar-refractivity contribution is 5.85. The molecule has 2 rings (SSSR count). The van der Waals surface area contributed by atoms with Crippen LogP contribution in [0.3, 0.4) is 0 Å². The first-order valence-electron chi connectivity index (χ1n) is 8.46. The fourth-order valence-electron chi connectivity index (χ4n) is 2.95. The third-order valence-corrected chi connectivity index (χ3v) is 4.66. The molecule has 1 unspecified atom stereocenters. The molecule has 1 fully saturated rings. The van der Waals surface area contributed by atoms with E-state index in [9.17, 15) is 4.79 Å². The second-order valence-electron chi connectivity index (χ2n) is 6.14. The molecule has 0 aromatic heterocycles. The Bertz CT molecular complexity index is 562. The molecule has 0 bridgehead atoms. The summed E-state index contributed by atoms with van der Waals surface area (Å²) in [5.41, 5.74) is 6.33. The van der Waals surface area contributed by atoms with Gasteiger partial charge in [0.15, 0.2) is 11.5 Å². The first-order valence-corrected chi connectivity index (χ1v) is 8.46. The highest BCUT2D eigenvalue weighted by Gasteiger charge is 2.39. The fraction of sp³-hybridized carbons (Fsp3) is 0.611. The van der Waals surface area contributed by atoms with Crippen molar-refractivity contribution < 1.29 is 19.0 Å². The summed E-state index contributed by atoms with van der Waals surface area (Å²) in [6.45, 7) is 5.95. The summed E-state index contributed by atoms with van der Waals surface area (Å²) >= 11 is 0. The predicted molar refractivity (Wildman–Crippen MR) is 99.5 cm³/mol. The lowest BCUT2D eigenvalue weighted by atomic mass is 9.79. The molecule has 0 radical (unpaired) electrons. The van der Waals surface area contributed by atoms with E-state index in [4.69, 9.17) is 19.9 Å². The molecular weight excluding hydrogens is 344 g/mol. The molecule has 0 spiro atoms. The molecule has 1 aromatic carbocycles. The van der Waals surface area contributed by atoms with Crippen molar-refractivity contribution in [2.75, 3.05) is 33.5 Å². The number of rotatable bonds is 7. The molecule has 1 aromatic rings. The van der Waals surface area contributed by atoms with E-state index in [2.05, 4.69) is 5.32 Å². The minimum atomic E-state index is -0.526. The molecule has 1 atom stereocenters. The van der Waals surface area contributed by atoms with Crippen LogP contribution in [0.5, 0.6) is 11.5 Å². The van der Waals surface area contributed by atoms with Crippen LogP contribution in [-0.2, 0) is 9.53 Å². The Labute approximate surface area is 155 Å². The van der Waals surface area contributed by atoms with Crippen LogP contribution >= 0.6 is 12.4 Å².